The Morgan fingerprint density at radius 2 is 2.08 bits per heavy atom. The van der Waals surface area contributed by atoms with Crippen LogP contribution in [0.4, 0.5) is 18.9 Å². The van der Waals surface area contributed by atoms with E-state index in [2.05, 4.69) is 10.6 Å². The van der Waals surface area contributed by atoms with Gasteiger partial charge < -0.3 is 20.5 Å². The molecule has 2 rings (SSSR count). The predicted molar refractivity (Wildman–Crippen MR) is 82.9 cm³/mol. The molecule has 1 aromatic carbocycles. The first-order chi connectivity index (χ1) is 11.4. The minimum Gasteiger partial charge on any atom is -0.491 e. The van der Waals surface area contributed by atoms with Crippen LogP contribution in [0.15, 0.2) is 18.2 Å². The van der Waals surface area contributed by atoms with Gasteiger partial charge in [0.05, 0.1) is 18.7 Å². The van der Waals surface area contributed by atoms with Crippen LogP contribution in [0.25, 0.3) is 0 Å². The van der Waals surface area contributed by atoms with E-state index in [0.717, 1.165) is 18.9 Å². The van der Waals surface area contributed by atoms with Crippen LogP contribution in [-0.2, 0) is 11.0 Å². The van der Waals surface area contributed by atoms with Crippen molar-refractivity contribution < 1.29 is 27.8 Å². The Hall–Kier alpha value is -1.96. The van der Waals surface area contributed by atoms with Gasteiger partial charge in [-0.25, -0.2) is 0 Å². The maximum Gasteiger partial charge on any atom is 0.418 e. The van der Waals surface area contributed by atoms with Crippen molar-refractivity contribution in [2.75, 3.05) is 31.6 Å². The second-order valence-electron chi connectivity index (χ2n) is 5.73. The van der Waals surface area contributed by atoms with Gasteiger partial charge in [-0.15, -0.1) is 0 Å². The predicted octanol–water partition coefficient (Wildman–Crippen LogP) is 2.40. The number of halogens is 3. The van der Waals surface area contributed by atoms with Crippen LogP contribution in [0.3, 0.4) is 0 Å². The summed E-state index contributed by atoms with van der Waals surface area (Å²) in [6.45, 7) is -0.0383. The van der Waals surface area contributed by atoms with Crippen LogP contribution in [-0.4, -0.2) is 37.3 Å². The molecule has 0 spiro atoms. The van der Waals surface area contributed by atoms with Crippen molar-refractivity contribution in [3.63, 3.8) is 0 Å². The zero-order valence-corrected chi connectivity index (χ0v) is 13.2. The molecule has 0 saturated heterocycles. The summed E-state index contributed by atoms with van der Waals surface area (Å²) in [5, 5.41) is 13.9. The molecule has 0 radical (unpaired) electrons. The monoisotopic (exact) mass is 346 g/mol. The van der Waals surface area contributed by atoms with E-state index in [9.17, 15) is 18.0 Å². The first-order valence-electron chi connectivity index (χ1n) is 7.85. The summed E-state index contributed by atoms with van der Waals surface area (Å²) in [6.07, 6.45) is -1.25. The standard InChI is InChI=1S/C16H21F3N2O3/c17-16(18,19)13-8-12(24-7-6-22)4-5-14(13)20-10-15(23)21-9-11-2-1-3-11/h4-5,8,11,20,22H,1-3,6-7,9-10H2,(H,21,23). The Morgan fingerprint density at radius 3 is 2.67 bits per heavy atom. The number of rotatable bonds is 8. The lowest BCUT2D eigenvalue weighted by Gasteiger charge is -2.25. The molecule has 0 heterocycles. The molecule has 134 valence electrons. The third-order valence-electron chi connectivity index (χ3n) is 3.91. The Morgan fingerprint density at radius 1 is 1.33 bits per heavy atom. The first-order valence-corrected chi connectivity index (χ1v) is 7.85. The highest BCUT2D eigenvalue weighted by Gasteiger charge is 2.34. The number of nitrogens with one attached hydrogen (secondary N) is 2. The van der Waals surface area contributed by atoms with Crippen molar-refractivity contribution in [2.45, 2.75) is 25.4 Å². The lowest BCUT2D eigenvalue weighted by Crippen LogP contribution is -2.35. The molecule has 24 heavy (non-hydrogen) atoms. The average molecular weight is 346 g/mol. The molecule has 1 aliphatic carbocycles. The SMILES string of the molecule is O=C(CNc1ccc(OCCO)cc1C(F)(F)F)NCC1CCC1. The summed E-state index contributed by atoms with van der Waals surface area (Å²) in [4.78, 5) is 11.7. The lowest BCUT2D eigenvalue weighted by molar-refractivity contribution is -0.137. The fraction of sp³-hybridized carbons (Fsp3) is 0.562. The van der Waals surface area contributed by atoms with Gasteiger partial charge in [-0.2, -0.15) is 13.2 Å². The van der Waals surface area contributed by atoms with Crippen LogP contribution in [0.2, 0.25) is 0 Å². The van der Waals surface area contributed by atoms with Crippen LogP contribution < -0.4 is 15.4 Å². The molecule has 0 atom stereocenters. The molecular weight excluding hydrogens is 325 g/mol. The van der Waals surface area contributed by atoms with E-state index in [1.165, 1.54) is 18.6 Å². The maximum atomic E-state index is 13.1. The molecule has 1 fully saturated rings. The van der Waals surface area contributed by atoms with Gasteiger partial charge >= 0.3 is 6.18 Å². The second-order valence-corrected chi connectivity index (χ2v) is 5.73. The Bertz CT molecular complexity index is 560. The van der Waals surface area contributed by atoms with Gasteiger partial charge in [0.15, 0.2) is 0 Å². The third kappa shape index (κ3) is 5.30. The van der Waals surface area contributed by atoms with Gasteiger partial charge in [0.25, 0.3) is 0 Å². The first kappa shape index (κ1) is 18.4. The van der Waals surface area contributed by atoms with Gasteiger partial charge in [0.2, 0.25) is 5.91 Å². The summed E-state index contributed by atoms with van der Waals surface area (Å²) in [5.74, 6) is 0.162. The van der Waals surface area contributed by atoms with E-state index in [0.29, 0.717) is 12.5 Å². The van der Waals surface area contributed by atoms with Crippen LogP contribution in [0, 0.1) is 5.92 Å². The molecule has 8 heteroatoms. The molecule has 5 nitrogen and oxygen atoms in total. The number of carbonyl (C=O) groups is 1. The van der Waals surface area contributed by atoms with Crippen LogP contribution >= 0.6 is 0 Å². The van der Waals surface area contributed by atoms with Gasteiger partial charge in [-0.05, 0) is 37.0 Å². The molecule has 0 aromatic heterocycles. The number of aliphatic hydroxyl groups excluding tert-OH is 1. The van der Waals surface area contributed by atoms with Crippen molar-refractivity contribution >= 4 is 11.6 Å². The summed E-state index contributed by atoms with van der Waals surface area (Å²) in [6, 6.07) is 3.43. The van der Waals surface area contributed by atoms with Gasteiger partial charge in [0, 0.05) is 12.2 Å². The number of hydrogen-bond acceptors (Lipinski definition) is 4. The largest absolute Gasteiger partial charge is 0.491 e. The van der Waals surface area contributed by atoms with E-state index >= 15 is 0 Å². The smallest absolute Gasteiger partial charge is 0.418 e. The van der Waals surface area contributed by atoms with Crippen LogP contribution in [0.1, 0.15) is 24.8 Å². The fourth-order valence-electron chi connectivity index (χ4n) is 2.36. The average Bonchev–Trinajstić information content (AvgIpc) is 2.48. The quantitative estimate of drug-likeness (QED) is 0.676. The number of ether oxygens (including phenoxy) is 1. The molecule has 1 saturated carbocycles. The number of amides is 1. The number of carbonyl (C=O) groups excluding carboxylic acids is 1. The molecule has 0 bridgehead atoms. The van der Waals surface area contributed by atoms with Crippen LogP contribution in [0.5, 0.6) is 5.75 Å². The fourth-order valence-corrected chi connectivity index (χ4v) is 2.36. The highest BCUT2D eigenvalue weighted by atomic mass is 19.4. The van der Waals surface area contributed by atoms with Gasteiger partial charge in [0.1, 0.15) is 12.4 Å². The second kappa shape index (κ2) is 8.23. The number of hydrogen-bond donors (Lipinski definition) is 3. The normalized spacial score (nSPS) is 14.8. The van der Waals surface area contributed by atoms with Gasteiger partial charge in [-0.3, -0.25) is 4.79 Å². The minimum absolute atomic E-state index is 0.0105. The lowest BCUT2D eigenvalue weighted by atomic mass is 9.85. The number of aliphatic hydroxyl groups is 1. The Labute approximate surface area is 138 Å². The molecule has 0 aliphatic heterocycles. The summed E-state index contributed by atoms with van der Waals surface area (Å²) in [7, 11) is 0. The Balaban J connectivity index is 1.95. The minimum atomic E-state index is -4.58. The van der Waals surface area contributed by atoms with E-state index in [4.69, 9.17) is 9.84 Å². The molecule has 1 aliphatic rings. The summed E-state index contributed by atoms with van der Waals surface area (Å²) in [5.41, 5.74) is -1.10. The van der Waals surface area contributed by atoms with Crippen molar-refractivity contribution in [2.24, 2.45) is 5.92 Å². The summed E-state index contributed by atoms with van der Waals surface area (Å²) >= 11 is 0. The van der Waals surface area contributed by atoms with E-state index < -0.39 is 11.7 Å². The highest BCUT2D eigenvalue weighted by Crippen LogP contribution is 2.37. The zero-order valence-electron chi connectivity index (χ0n) is 13.2. The van der Waals surface area contributed by atoms with Crippen molar-refractivity contribution in [1.82, 2.24) is 5.32 Å². The molecule has 3 N–H and O–H groups in total. The van der Waals surface area contributed by atoms with Crippen molar-refractivity contribution in [3.05, 3.63) is 23.8 Å². The van der Waals surface area contributed by atoms with Crippen molar-refractivity contribution in [3.8, 4) is 5.75 Å². The maximum absolute atomic E-state index is 13.1. The molecule has 1 amide bonds. The molecular formula is C16H21F3N2O3. The van der Waals surface area contributed by atoms with Gasteiger partial charge in [-0.1, -0.05) is 6.42 Å². The number of benzene rings is 1. The zero-order chi connectivity index (χ0) is 17.6. The number of alkyl halides is 3. The van der Waals surface area contributed by atoms with E-state index in [1.807, 2.05) is 0 Å². The number of anilines is 1. The highest BCUT2D eigenvalue weighted by molar-refractivity contribution is 5.81. The third-order valence-corrected chi connectivity index (χ3v) is 3.91. The van der Waals surface area contributed by atoms with Crippen molar-refractivity contribution in [1.29, 1.82) is 0 Å². The molecule has 1 aromatic rings. The topological polar surface area (TPSA) is 70.6 Å². The van der Waals surface area contributed by atoms with E-state index in [1.54, 1.807) is 0 Å². The molecule has 0 unspecified atom stereocenters. The summed E-state index contributed by atoms with van der Waals surface area (Å²) < 4.78 is 44.4. The van der Waals surface area contributed by atoms with E-state index in [-0.39, 0.29) is 37.1 Å². The Kier molecular flexibility index (Phi) is 6.30.